The number of carbonyl (C=O) groups excluding carboxylic acids is 2. The first-order chi connectivity index (χ1) is 9.62. The fourth-order valence-corrected chi connectivity index (χ4v) is 1.57. The molecule has 0 radical (unpaired) electrons. The van der Waals surface area contributed by atoms with Crippen molar-refractivity contribution in [1.82, 2.24) is 5.32 Å². The minimum absolute atomic E-state index is 0.693. The van der Waals surface area contributed by atoms with Crippen LogP contribution in [0.3, 0.4) is 0 Å². The van der Waals surface area contributed by atoms with Crippen LogP contribution in [0.15, 0.2) is 24.3 Å². The summed E-state index contributed by atoms with van der Waals surface area (Å²) in [6.07, 6.45) is -5.49. The molecule has 1 aromatic carbocycles. The number of carboxylic acids is 1. The van der Waals surface area contributed by atoms with Crippen molar-refractivity contribution in [2.24, 2.45) is 5.73 Å². The molecule has 0 bridgehead atoms. The van der Waals surface area contributed by atoms with Crippen molar-refractivity contribution in [1.29, 1.82) is 0 Å². The normalized spacial score (nSPS) is 12.5. The Labute approximate surface area is 116 Å². The first-order valence-electron chi connectivity index (χ1n) is 5.61. The van der Waals surface area contributed by atoms with Gasteiger partial charge in [0.05, 0.1) is 17.5 Å². The van der Waals surface area contributed by atoms with Crippen LogP contribution in [0.25, 0.3) is 0 Å². The van der Waals surface area contributed by atoms with Crippen LogP contribution in [0.1, 0.15) is 22.3 Å². The van der Waals surface area contributed by atoms with Gasteiger partial charge in [-0.25, -0.2) is 4.79 Å². The van der Waals surface area contributed by atoms with Crippen LogP contribution in [-0.4, -0.2) is 28.9 Å². The third-order valence-corrected chi connectivity index (χ3v) is 2.49. The van der Waals surface area contributed by atoms with Crippen LogP contribution in [0.5, 0.6) is 0 Å². The average molecular weight is 304 g/mol. The molecule has 1 atom stereocenters. The lowest BCUT2D eigenvalue weighted by atomic mass is 10.1. The summed E-state index contributed by atoms with van der Waals surface area (Å²) in [5.41, 5.74) is 2.87. The highest BCUT2D eigenvalue weighted by Gasteiger charge is 2.35. The number of primary amides is 1. The van der Waals surface area contributed by atoms with Crippen LogP contribution in [0, 0.1) is 0 Å². The molecule has 0 saturated heterocycles. The number of carbonyl (C=O) groups is 3. The van der Waals surface area contributed by atoms with Crippen molar-refractivity contribution in [3.63, 3.8) is 0 Å². The lowest BCUT2D eigenvalue weighted by Gasteiger charge is -2.16. The molecule has 114 valence electrons. The molecule has 0 aromatic heterocycles. The summed E-state index contributed by atoms with van der Waals surface area (Å²) >= 11 is 0. The molecule has 0 aliphatic carbocycles. The molecule has 4 N–H and O–H groups in total. The van der Waals surface area contributed by atoms with Crippen molar-refractivity contribution >= 4 is 17.8 Å². The number of aliphatic carboxylic acids is 1. The Morgan fingerprint density at radius 1 is 1.24 bits per heavy atom. The van der Waals surface area contributed by atoms with E-state index in [9.17, 15) is 27.6 Å². The van der Waals surface area contributed by atoms with Gasteiger partial charge in [0.2, 0.25) is 5.91 Å². The summed E-state index contributed by atoms with van der Waals surface area (Å²) in [6, 6.07) is 2.20. The van der Waals surface area contributed by atoms with E-state index in [4.69, 9.17) is 10.8 Å². The van der Waals surface area contributed by atoms with Crippen LogP contribution in [0.4, 0.5) is 13.2 Å². The number of hydrogen-bond donors (Lipinski definition) is 3. The van der Waals surface area contributed by atoms with Crippen molar-refractivity contribution in [3.05, 3.63) is 35.4 Å². The lowest BCUT2D eigenvalue weighted by molar-refractivity contribution is -0.140. The highest BCUT2D eigenvalue weighted by molar-refractivity contribution is 5.98. The zero-order valence-corrected chi connectivity index (χ0v) is 10.5. The second-order valence-corrected chi connectivity index (χ2v) is 4.08. The molecular weight excluding hydrogens is 293 g/mol. The van der Waals surface area contributed by atoms with Gasteiger partial charge in [-0.05, 0) is 12.1 Å². The number of amides is 2. The second kappa shape index (κ2) is 6.25. The van der Waals surface area contributed by atoms with Gasteiger partial charge >= 0.3 is 12.1 Å². The van der Waals surface area contributed by atoms with Gasteiger partial charge in [-0.1, -0.05) is 12.1 Å². The highest BCUT2D eigenvalue weighted by atomic mass is 19.4. The minimum atomic E-state index is -4.77. The van der Waals surface area contributed by atoms with Crippen LogP contribution in [-0.2, 0) is 15.8 Å². The lowest BCUT2D eigenvalue weighted by Crippen LogP contribution is -2.43. The molecule has 21 heavy (non-hydrogen) atoms. The highest BCUT2D eigenvalue weighted by Crippen LogP contribution is 2.31. The SMILES string of the molecule is NC(=O)CC(NC(=O)c1ccccc1C(F)(F)F)C(=O)O. The van der Waals surface area contributed by atoms with E-state index < -0.39 is 47.5 Å². The second-order valence-electron chi connectivity index (χ2n) is 4.08. The van der Waals surface area contributed by atoms with Gasteiger partial charge < -0.3 is 16.2 Å². The summed E-state index contributed by atoms with van der Waals surface area (Å²) in [6.45, 7) is 0. The molecule has 1 aromatic rings. The summed E-state index contributed by atoms with van der Waals surface area (Å²) < 4.78 is 38.2. The van der Waals surface area contributed by atoms with Crippen LogP contribution in [0.2, 0.25) is 0 Å². The maximum atomic E-state index is 12.7. The Hall–Kier alpha value is -2.58. The number of hydrogen-bond acceptors (Lipinski definition) is 3. The van der Waals surface area contributed by atoms with Gasteiger partial charge in [0.15, 0.2) is 0 Å². The maximum absolute atomic E-state index is 12.7. The van der Waals surface area contributed by atoms with E-state index in [1.807, 2.05) is 5.32 Å². The number of carboxylic acid groups (broad SMARTS) is 1. The van der Waals surface area contributed by atoms with Crippen LogP contribution >= 0.6 is 0 Å². The monoisotopic (exact) mass is 304 g/mol. The first-order valence-corrected chi connectivity index (χ1v) is 5.61. The van der Waals surface area contributed by atoms with E-state index >= 15 is 0 Å². The number of nitrogens with one attached hydrogen (secondary N) is 1. The molecule has 1 rings (SSSR count). The molecule has 0 heterocycles. The predicted octanol–water partition coefficient (Wildman–Crippen LogP) is 0.764. The summed E-state index contributed by atoms with van der Waals surface area (Å²) in [4.78, 5) is 33.3. The summed E-state index contributed by atoms with van der Waals surface area (Å²) in [7, 11) is 0. The van der Waals surface area contributed by atoms with Crippen LogP contribution < -0.4 is 11.1 Å². The van der Waals surface area contributed by atoms with Crippen molar-refractivity contribution < 1.29 is 32.7 Å². The molecule has 2 amide bonds. The average Bonchev–Trinajstić information content (AvgIpc) is 2.36. The van der Waals surface area contributed by atoms with Crippen molar-refractivity contribution in [2.45, 2.75) is 18.6 Å². The van der Waals surface area contributed by atoms with E-state index in [1.54, 1.807) is 0 Å². The Morgan fingerprint density at radius 2 is 1.81 bits per heavy atom. The number of halogens is 3. The Kier molecular flexibility index (Phi) is 4.90. The zero-order valence-electron chi connectivity index (χ0n) is 10.5. The summed E-state index contributed by atoms with van der Waals surface area (Å²) in [5.74, 6) is -3.84. The Bertz CT molecular complexity index is 572. The van der Waals surface area contributed by atoms with Gasteiger partial charge in [0, 0.05) is 0 Å². The third-order valence-electron chi connectivity index (χ3n) is 2.49. The van der Waals surface area contributed by atoms with E-state index in [0.29, 0.717) is 6.07 Å². The largest absolute Gasteiger partial charge is 0.480 e. The van der Waals surface area contributed by atoms with E-state index in [2.05, 4.69) is 0 Å². The standard InChI is InChI=1S/C12H11F3N2O4/c13-12(14,15)7-4-2-1-3-6(7)10(19)17-8(11(20)21)5-9(16)18/h1-4,8H,5H2,(H2,16,18)(H,17,19)(H,20,21). The smallest absolute Gasteiger partial charge is 0.417 e. The quantitative estimate of drug-likeness (QED) is 0.746. The van der Waals surface area contributed by atoms with Crippen molar-refractivity contribution in [2.75, 3.05) is 0 Å². The van der Waals surface area contributed by atoms with Gasteiger partial charge in [0.25, 0.3) is 5.91 Å². The number of nitrogens with two attached hydrogens (primary N) is 1. The van der Waals surface area contributed by atoms with E-state index in [0.717, 1.165) is 12.1 Å². The van der Waals surface area contributed by atoms with Gasteiger partial charge in [0.1, 0.15) is 6.04 Å². The van der Waals surface area contributed by atoms with Gasteiger partial charge in [-0.15, -0.1) is 0 Å². The fraction of sp³-hybridized carbons (Fsp3) is 0.250. The molecule has 0 aliphatic rings. The first kappa shape index (κ1) is 16.5. The number of rotatable bonds is 5. The summed E-state index contributed by atoms with van der Waals surface area (Å²) in [5, 5.41) is 10.6. The molecule has 0 fully saturated rings. The van der Waals surface area contributed by atoms with E-state index in [-0.39, 0.29) is 0 Å². The Balaban J connectivity index is 3.04. The molecule has 9 heteroatoms. The molecule has 0 spiro atoms. The van der Waals surface area contributed by atoms with E-state index in [1.165, 1.54) is 6.07 Å². The zero-order chi connectivity index (χ0) is 16.2. The molecule has 0 aliphatic heterocycles. The topological polar surface area (TPSA) is 109 Å². The van der Waals surface area contributed by atoms with Gasteiger partial charge in [-0.2, -0.15) is 13.2 Å². The maximum Gasteiger partial charge on any atom is 0.417 e. The molecule has 0 saturated carbocycles. The Morgan fingerprint density at radius 3 is 2.29 bits per heavy atom. The number of benzene rings is 1. The fourth-order valence-electron chi connectivity index (χ4n) is 1.57. The minimum Gasteiger partial charge on any atom is -0.480 e. The molecule has 6 nitrogen and oxygen atoms in total. The van der Waals surface area contributed by atoms with Gasteiger partial charge in [-0.3, -0.25) is 9.59 Å². The molecule has 1 unspecified atom stereocenters. The number of alkyl halides is 3. The predicted molar refractivity (Wildman–Crippen MR) is 64.1 cm³/mol. The third kappa shape index (κ3) is 4.48. The van der Waals surface area contributed by atoms with Crippen molar-refractivity contribution in [3.8, 4) is 0 Å². The molecular formula is C12H11F3N2O4.